The molecule has 1 fully saturated rings. The summed E-state index contributed by atoms with van der Waals surface area (Å²) in [5.41, 5.74) is 1.11. The number of rotatable bonds is 4. The number of benzene rings is 1. The van der Waals surface area contributed by atoms with Crippen LogP contribution < -0.4 is 5.32 Å². The fourth-order valence-corrected chi connectivity index (χ4v) is 2.59. The van der Waals surface area contributed by atoms with Crippen LogP contribution in [0, 0.1) is 11.8 Å². The van der Waals surface area contributed by atoms with Crippen molar-refractivity contribution in [2.75, 3.05) is 26.2 Å². The summed E-state index contributed by atoms with van der Waals surface area (Å²) in [5.74, 6) is 6.59. The molecule has 0 amide bonds. The normalized spacial score (nSPS) is 18.9. The molecule has 0 aromatic heterocycles. The first-order valence-electron chi connectivity index (χ1n) is 7.39. The maximum atomic E-state index is 3.49. The van der Waals surface area contributed by atoms with Crippen LogP contribution in [0.1, 0.15) is 31.7 Å². The summed E-state index contributed by atoms with van der Waals surface area (Å²) in [5, 5.41) is 3.49. The van der Waals surface area contributed by atoms with Crippen LogP contribution in [0.25, 0.3) is 0 Å². The Balaban J connectivity index is 1.91. The van der Waals surface area contributed by atoms with E-state index in [0.29, 0.717) is 6.04 Å². The molecule has 1 aliphatic heterocycles. The Kier molecular flexibility index (Phi) is 5.94. The summed E-state index contributed by atoms with van der Waals surface area (Å²) >= 11 is 0. The van der Waals surface area contributed by atoms with E-state index in [2.05, 4.69) is 41.1 Å². The quantitative estimate of drug-likeness (QED) is 0.833. The third-order valence-corrected chi connectivity index (χ3v) is 3.59. The molecule has 0 aliphatic carbocycles. The summed E-state index contributed by atoms with van der Waals surface area (Å²) < 4.78 is 0. The van der Waals surface area contributed by atoms with E-state index in [1.165, 1.54) is 25.8 Å². The van der Waals surface area contributed by atoms with E-state index in [4.69, 9.17) is 0 Å². The minimum atomic E-state index is 0.666. The van der Waals surface area contributed by atoms with E-state index in [9.17, 15) is 0 Å². The van der Waals surface area contributed by atoms with Gasteiger partial charge in [-0.1, -0.05) is 37.0 Å². The van der Waals surface area contributed by atoms with E-state index >= 15 is 0 Å². The van der Waals surface area contributed by atoms with Gasteiger partial charge in [-0.2, -0.15) is 0 Å². The second kappa shape index (κ2) is 7.99. The number of nitrogens with zero attached hydrogens (tertiary/aromatic N) is 1. The van der Waals surface area contributed by atoms with Crippen LogP contribution in [0.15, 0.2) is 30.3 Å². The van der Waals surface area contributed by atoms with Crippen LogP contribution in [-0.4, -0.2) is 37.1 Å². The zero-order valence-corrected chi connectivity index (χ0v) is 11.9. The largest absolute Gasteiger partial charge is 0.315 e. The van der Waals surface area contributed by atoms with E-state index in [-0.39, 0.29) is 0 Å². The maximum Gasteiger partial charge on any atom is 0.0608 e. The highest BCUT2D eigenvalue weighted by atomic mass is 15.2. The summed E-state index contributed by atoms with van der Waals surface area (Å²) in [6, 6.07) is 10.9. The molecule has 1 N–H and O–H groups in total. The van der Waals surface area contributed by atoms with Gasteiger partial charge in [0.05, 0.1) is 6.54 Å². The van der Waals surface area contributed by atoms with Crippen LogP contribution in [-0.2, 0) is 0 Å². The predicted octanol–water partition coefficient (Wildman–Crippen LogP) is 2.50. The van der Waals surface area contributed by atoms with E-state index in [0.717, 1.165) is 25.2 Å². The molecule has 1 heterocycles. The maximum absolute atomic E-state index is 3.49. The Morgan fingerprint density at radius 1 is 1.32 bits per heavy atom. The average molecular weight is 256 g/mol. The van der Waals surface area contributed by atoms with Gasteiger partial charge in [0.1, 0.15) is 0 Å². The molecule has 2 heteroatoms. The van der Waals surface area contributed by atoms with Crippen LogP contribution in [0.5, 0.6) is 0 Å². The zero-order chi connectivity index (χ0) is 13.3. The van der Waals surface area contributed by atoms with Crippen molar-refractivity contribution in [3.05, 3.63) is 35.9 Å². The average Bonchev–Trinajstić information content (AvgIpc) is 2.48. The predicted molar refractivity (Wildman–Crippen MR) is 81.1 cm³/mol. The highest BCUT2D eigenvalue weighted by Gasteiger charge is 2.19. The summed E-state index contributed by atoms with van der Waals surface area (Å²) in [6.45, 7) is 6.57. The second-order valence-corrected chi connectivity index (χ2v) is 5.14. The zero-order valence-electron chi connectivity index (χ0n) is 11.9. The molecule has 1 saturated heterocycles. The molecule has 0 bridgehead atoms. The van der Waals surface area contributed by atoms with Crippen molar-refractivity contribution in [1.29, 1.82) is 0 Å². The lowest BCUT2D eigenvalue weighted by molar-refractivity contribution is 0.186. The van der Waals surface area contributed by atoms with Crippen LogP contribution in [0.4, 0.5) is 0 Å². The first-order chi connectivity index (χ1) is 9.40. The summed E-state index contributed by atoms with van der Waals surface area (Å²) in [4.78, 5) is 2.53. The lowest BCUT2D eigenvalue weighted by Crippen LogP contribution is -2.46. The fourth-order valence-electron chi connectivity index (χ4n) is 2.59. The molecular formula is C17H24N2. The third-order valence-electron chi connectivity index (χ3n) is 3.59. The first kappa shape index (κ1) is 14.1. The lowest BCUT2D eigenvalue weighted by atomic mass is 10.1. The Bertz CT molecular complexity index is 410. The Morgan fingerprint density at radius 3 is 2.84 bits per heavy atom. The highest BCUT2D eigenvalue weighted by molar-refractivity contribution is 5.33. The van der Waals surface area contributed by atoms with Crippen molar-refractivity contribution in [2.45, 2.75) is 32.2 Å². The molecule has 1 aromatic carbocycles. The topological polar surface area (TPSA) is 15.3 Å². The van der Waals surface area contributed by atoms with Gasteiger partial charge in [0, 0.05) is 18.2 Å². The van der Waals surface area contributed by atoms with Crippen molar-refractivity contribution >= 4 is 0 Å². The SMILES string of the molecule is CCCN(CC#Cc1ccccc1)C1CCCNC1. The van der Waals surface area contributed by atoms with E-state index < -0.39 is 0 Å². The van der Waals surface area contributed by atoms with Crippen LogP contribution >= 0.6 is 0 Å². The molecule has 19 heavy (non-hydrogen) atoms. The van der Waals surface area contributed by atoms with Crippen molar-refractivity contribution in [2.24, 2.45) is 0 Å². The highest BCUT2D eigenvalue weighted by Crippen LogP contribution is 2.10. The molecule has 2 nitrogen and oxygen atoms in total. The van der Waals surface area contributed by atoms with E-state index in [1.54, 1.807) is 0 Å². The first-order valence-corrected chi connectivity index (χ1v) is 7.39. The Labute approximate surface area is 117 Å². The molecule has 0 saturated carbocycles. The van der Waals surface area contributed by atoms with Crippen molar-refractivity contribution < 1.29 is 0 Å². The van der Waals surface area contributed by atoms with Gasteiger partial charge in [-0.05, 0) is 44.5 Å². The lowest BCUT2D eigenvalue weighted by Gasteiger charge is -2.33. The van der Waals surface area contributed by atoms with Gasteiger partial charge in [-0.25, -0.2) is 0 Å². The molecule has 1 aromatic rings. The smallest absolute Gasteiger partial charge is 0.0608 e. The number of piperidine rings is 1. The number of nitrogens with one attached hydrogen (secondary N) is 1. The van der Waals surface area contributed by atoms with Gasteiger partial charge in [0.15, 0.2) is 0 Å². The van der Waals surface area contributed by atoms with Crippen LogP contribution in [0.3, 0.4) is 0 Å². The number of hydrogen-bond acceptors (Lipinski definition) is 2. The van der Waals surface area contributed by atoms with Gasteiger partial charge >= 0.3 is 0 Å². The second-order valence-electron chi connectivity index (χ2n) is 5.14. The molecule has 1 atom stereocenters. The van der Waals surface area contributed by atoms with Gasteiger partial charge in [0.2, 0.25) is 0 Å². The van der Waals surface area contributed by atoms with Crippen LogP contribution in [0.2, 0.25) is 0 Å². The summed E-state index contributed by atoms with van der Waals surface area (Å²) in [7, 11) is 0. The van der Waals surface area contributed by atoms with Crippen molar-refractivity contribution in [3.63, 3.8) is 0 Å². The molecular weight excluding hydrogens is 232 g/mol. The Morgan fingerprint density at radius 2 is 2.16 bits per heavy atom. The third kappa shape index (κ3) is 4.70. The Hall–Kier alpha value is -1.30. The number of hydrogen-bond donors (Lipinski definition) is 1. The van der Waals surface area contributed by atoms with E-state index in [1.807, 2.05) is 18.2 Å². The van der Waals surface area contributed by atoms with Crippen molar-refractivity contribution in [3.8, 4) is 11.8 Å². The summed E-state index contributed by atoms with van der Waals surface area (Å²) in [6.07, 6.45) is 3.79. The van der Waals surface area contributed by atoms with Crippen molar-refractivity contribution in [1.82, 2.24) is 10.2 Å². The minimum absolute atomic E-state index is 0.666. The van der Waals surface area contributed by atoms with Gasteiger partial charge in [-0.3, -0.25) is 4.90 Å². The minimum Gasteiger partial charge on any atom is -0.315 e. The fraction of sp³-hybridized carbons (Fsp3) is 0.529. The standard InChI is InChI=1S/C17H24N2/c1-2-13-19(17-11-6-12-18-15-17)14-7-10-16-8-4-3-5-9-16/h3-5,8-9,17-18H,2,6,11-15H2,1H3. The van der Waals surface area contributed by atoms with Gasteiger partial charge < -0.3 is 5.32 Å². The molecule has 1 unspecified atom stereocenters. The molecule has 102 valence electrons. The van der Waals surface area contributed by atoms with Gasteiger partial charge in [0.25, 0.3) is 0 Å². The molecule has 2 rings (SSSR count). The molecule has 1 aliphatic rings. The monoisotopic (exact) mass is 256 g/mol. The molecule has 0 radical (unpaired) electrons. The molecule has 0 spiro atoms. The van der Waals surface area contributed by atoms with Gasteiger partial charge in [-0.15, -0.1) is 0 Å².